The van der Waals surface area contributed by atoms with Crippen LogP contribution in [0.1, 0.15) is 24.0 Å². The summed E-state index contributed by atoms with van der Waals surface area (Å²) in [6.07, 6.45) is 3.67. The average Bonchev–Trinajstić information content (AvgIpc) is 2.92. The first kappa shape index (κ1) is 14.6. The van der Waals surface area contributed by atoms with Crippen molar-refractivity contribution >= 4 is 22.7 Å². The molecule has 2 amide bonds. The fraction of sp³-hybridized carbons (Fsp3) is 0.412. The number of nitrogens with two attached hydrogens (primary N) is 1. The van der Waals surface area contributed by atoms with E-state index in [1.54, 1.807) is 0 Å². The topological polar surface area (TPSA) is 79.2 Å². The lowest BCUT2D eigenvalue weighted by molar-refractivity contribution is -0.134. The first-order chi connectivity index (χ1) is 10.6. The number of aromatic amines is 1. The van der Waals surface area contributed by atoms with Gasteiger partial charge in [-0.3, -0.25) is 9.59 Å². The monoisotopic (exact) mass is 299 g/mol. The molecule has 0 atom stereocenters. The minimum atomic E-state index is -0.251. The van der Waals surface area contributed by atoms with Gasteiger partial charge in [0.1, 0.15) is 0 Å². The van der Waals surface area contributed by atoms with Gasteiger partial charge in [0, 0.05) is 36.1 Å². The summed E-state index contributed by atoms with van der Waals surface area (Å²) in [7, 11) is 0. The first-order valence-corrected chi connectivity index (χ1v) is 7.69. The highest BCUT2D eigenvalue weighted by Gasteiger charge is 2.26. The number of H-pyrrole nitrogens is 1. The Hall–Kier alpha value is -2.30. The predicted molar refractivity (Wildman–Crippen MR) is 85.2 cm³/mol. The minimum Gasteiger partial charge on any atom is -0.369 e. The lowest BCUT2D eigenvalue weighted by atomic mass is 9.96. The Labute approximate surface area is 129 Å². The second-order valence-electron chi connectivity index (χ2n) is 6.05. The molecule has 116 valence electrons. The number of nitrogens with zero attached hydrogens (tertiary/aromatic N) is 1. The second kappa shape index (κ2) is 5.83. The number of benzene rings is 1. The number of rotatable bonds is 3. The number of aromatic nitrogens is 1. The van der Waals surface area contributed by atoms with Crippen molar-refractivity contribution in [1.82, 2.24) is 9.88 Å². The van der Waals surface area contributed by atoms with E-state index in [0.29, 0.717) is 32.4 Å². The smallest absolute Gasteiger partial charge is 0.227 e. The minimum absolute atomic E-state index is 0.0839. The van der Waals surface area contributed by atoms with E-state index in [-0.39, 0.29) is 17.7 Å². The van der Waals surface area contributed by atoms with Crippen molar-refractivity contribution in [2.24, 2.45) is 11.7 Å². The summed E-state index contributed by atoms with van der Waals surface area (Å²) in [4.78, 5) is 28.7. The van der Waals surface area contributed by atoms with Crippen LogP contribution in [-0.2, 0) is 16.0 Å². The van der Waals surface area contributed by atoms with E-state index in [2.05, 4.69) is 18.0 Å². The van der Waals surface area contributed by atoms with E-state index < -0.39 is 0 Å². The molecule has 0 radical (unpaired) electrons. The van der Waals surface area contributed by atoms with Gasteiger partial charge in [0.2, 0.25) is 11.8 Å². The molecule has 0 spiro atoms. The molecule has 1 aromatic carbocycles. The highest BCUT2D eigenvalue weighted by Crippen LogP contribution is 2.24. The maximum Gasteiger partial charge on any atom is 0.227 e. The van der Waals surface area contributed by atoms with Gasteiger partial charge in [-0.25, -0.2) is 0 Å². The Balaban J connectivity index is 1.70. The highest BCUT2D eigenvalue weighted by atomic mass is 16.2. The van der Waals surface area contributed by atoms with Crippen LogP contribution in [0.25, 0.3) is 10.9 Å². The molecule has 0 aliphatic carbocycles. The standard InChI is InChI=1S/C17H21N3O2/c1-11-3-2-4-14-16(11)13(10-19-14)9-15(21)20-7-5-12(6-8-20)17(18)22/h2-4,10,12,19H,5-9H2,1H3,(H2,18,22). The molecule has 2 aromatic rings. The van der Waals surface area contributed by atoms with Crippen LogP contribution in [-0.4, -0.2) is 34.8 Å². The van der Waals surface area contributed by atoms with Crippen molar-refractivity contribution in [3.63, 3.8) is 0 Å². The fourth-order valence-corrected chi connectivity index (χ4v) is 3.28. The number of aryl methyl sites for hydroxylation is 1. The molecule has 3 rings (SSSR count). The number of likely N-dealkylation sites (tertiary alicyclic amines) is 1. The molecule has 5 heteroatoms. The van der Waals surface area contributed by atoms with Crippen molar-refractivity contribution in [1.29, 1.82) is 0 Å². The van der Waals surface area contributed by atoms with Gasteiger partial charge in [0.05, 0.1) is 6.42 Å². The van der Waals surface area contributed by atoms with Gasteiger partial charge in [-0.1, -0.05) is 12.1 Å². The number of carbonyl (C=O) groups is 2. The average molecular weight is 299 g/mol. The number of primary amides is 1. The van der Waals surface area contributed by atoms with E-state index in [9.17, 15) is 9.59 Å². The van der Waals surface area contributed by atoms with Crippen LogP contribution in [0.5, 0.6) is 0 Å². The summed E-state index contributed by atoms with van der Waals surface area (Å²) in [6, 6.07) is 6.09. The lowest BCUT2D eigenvalue weighted by Crippen LogP contribution is -2.42. The van der Waals surface area contributed by atoms with Gasteiger partial charge in [-0.15, -0.1) is 0 Å². The van der Waals surface area contributed by atoms with E-state index in [1.165, 1.54) is 5.56 Å². The molecular formula is C17H21N3O2. The predicted octanol–water partition coefficient (Wildman–Crippen LogP) is 1.74. The molecule has 22 heavy (non-hydrogen) atoms. The molecule has 0 saturated carbocycles. The summed E-state index contributed by atoms with van der Waals surface area (Å²) in [5, 5.41) is 1.14. The number of hydrogen-bond acceptors (Lipinski definition) is 2. The number of hydrogen-bond donors (Lipinski definition) is 2. The number of nitrogens with one attached hydrogen (secondary N) is 1. The lowest BCUT2D eigenvalue weighted by Gasteiger charge is -2.30. The Bertz CT molecular complexity index is 712. The maximum absolute atomic E-state index is 12.5. The van der Waals surface area contributed by atoms with Crippen LogP contribution < -0.4 is 5.73 Å². The van der Waals surface area contributed by atoms with E-state index >= 15 is 0 Å². The zero-order valence-corrected chi connectivity index (χ0v) is 12.8. The second-order valence-corrected chi connectivity index (χ2v) is 6.05. The maximum atomic E-state index is 12.5. The van der Waals surface area contributed by atoms with Crippen molar-refractivity contribution < 1.29 is 9.59 Å². The fourth-order valence-electron chi connectivity index (χ4n) is 3.28. The van der Waals surface area contributed by atoms with E-state index in [0.717, 1.165) is 16.5 Å². The molecule has 5 nitrogen and oxygen atoms in total. The molecule has 0 bridgehead atoms. The van der Waals surface area contributed by atoms with Gasteiger partial charge < -0.3 is 15.6 Å². The summed E-state index contributed by atoms with van der Waals surface area (Å²) < 4.78 is 0. The SMILES string of the molecule is Cc1cccc2[nH]cc(CC(=O)N3CCC(C(N)=O)CC3)c12. The highest BCUT2D eigenvalue weighted by molar-refractivity contribution is 5.91. The third kappa shape index (κ3) is 2.71. The van der Waals surface area contributed by atoms with Crippen LogP contribution in [0, 0.1) is 12.8 Å². The van der Waals surface area contributed by atoms with Crippen LogP contribution in [0.15, 0.2) is 24.4 Å². The molecule has 3 N–H and O–H groups in total. The third-order valence-corrected chi connectivity index (χ3v) is 4.59. The zero-order chi connectivity index (χ0) is 15.7. The molecule has 1 aromatic heterocycles. The number of fused-ring (bicyclic) bond motifs is 1. The first-order valence-electron chi connectivity index (χ1n) is 7.69. The quantitative estimate of drug-likeness (QED) is 0.905. The van der Waals surface area contributed by atoms with Gasteiger partial charge in [0.15, 0.2) is 0 Å². The summed E-state index contributed by atoms with van der Waals surface area (Å²) in [5.41, 5.74) is 8.61. The Morgan fingerprint density at radius 3 is 2.73 bits per heavy atom. The van der Waals surface area contributed by atoms with Crippen molar-refractivity contribution in [3.05, 3.63) is 35.5 Å². The van der Waals surface area contributed by atoms with Crippen LogP contribution >= 0.6 is 0 Å². The normalized spacial score (nSPS) is 16.1. The largest absolute Gasteiger partial charge is 0.369 e. The van der Waals surface area contributed by atoms with E-state index in [1.807, 2.05) is 23.2 Å². The third-order valence-electron chi connectivity index (χ3n) is 4.59. The zero-order valence-electron chi connectivity index (χ0n) is 12.8. The van der Waals surface area contributed by atoms with Crippen LogP contribution in [0.2, 0.25) is 0 Å². The summed E-state index contributed by atoms with van der Waals surface area (Å²) >= 11 is 0. The van der Waals surface area contributed by atoms with Gasteiger partial charge in [-0.2, -0.15) is 0 Å². The van der Waals surface area contributed by atoms with Crippen LogP contribution in [0.4, 0.5) is 0 Å². The van der Waals surface area contributed by atoms with Crippen molar-refractivity contribution in [2.45, 2.75) is 26.2 Å². The van der Waals surface area contributed by atoms with Gasteiger partial charge in [-0.05, 0) is 37.0 Å². The van der Waals surface area contributed by atoms with Crippen molar-refractivity contribution in [3.8, 4) is 0 Å². The molecule has 1 aliphatic rings. The number of amides is 2. The van der Waals surface area contributed by atoms with Gasteiger partial charge in [0.25, 0.3) is 0 Å². The molecule has 2 heterocycles. The number of piperidine rings is 1. The molecule has 1 fully saturated rings. The summed E-state index contributed by atoms with van der Waals surface area (Å²) in [6.45, 7) is 3.30. The Morgan fingerprint density at radius 2 is 2.05 bits per heavy atom. The number of carbonyl (C=O) groups excluding carboxylic acids is 2. The van der Waals surface area contributed by atoms with Crippen molar-refractivity contribution in [2.75, 3.05) is 13.1 Å². The van der Waals surface area contributed by atoms with E-state index in [4.69, 9.17) is 5.73 Å². The Morgan fingerprint density at radius 1 is 1.32 bits per heavy atom. The molecule has 1 aliphatic heterocycles. The van der Waals surface area contributed by atoms with Gasteiger partial charge >= 0.3 is 0 Å². The Kier molecular flexibility index (Phi) is 3.88. The molecule has 0 unspecified atom stereocenters. The molecule has 1 saturated heterocycles. The van der Waals surface area contributed by atoms with Crippen LogP contribution in [0.3, 0.4) is 0 Å². The summed E-state index contributed by atoms with van der Waals surface area (Å²) in [5.74, 6) is -0.217. The molecular weight excluding hydrogens is 278 g/mol.